The van der Waals surface area contributed by atoms with Gasteiger partial charge in [-0.2, -0.15) is 0 Å². The molecule has 4 rings (SSSR count). The van der Waals surface area contributed by atoms with E-state index in [1.165, 1.54) is 6.42 Å². The maximum Gasteiger partial charge on any atom is 0.253 e. The van der Waals surface area contributed by atoms with Crippen molar-refractivity contribution in [3.8, 4) is 0 Å². The number of benzene rings is 2. The molecule has 2 N–H and O–H groups in total. The fourth-order valence-corrected chi connectivity index (χ4v) is 3.67. The van der Waals surface area contributed by atoms with Crippen LogP contribution in [0.3, 0.4) is 0 Å². The molecular weight excluding hydrogens is 378 g/mol. The molecule has 156 valence electrons. The van der Waals surface area contributed by atoms with Crippen LogP contribution in [-0.2, 0) is 11.3 Å². The van der Waals surface area contributed by atoms with Gasteiger partial charge in [-0.05, 0) is 74.1 Å². The molecular formula is C24H27N3O3. The normalized spacial score (nSPS) is 16.1. The number of carbonyl (C=O) groups is 3. The third-order valence-electron chi connectivity index (χ3n) is 5.63. The molecule has 1 aliphatic heterocycles. The zero-order valence-electron chi connectivity index (χ0n) is 17.0. The Morgan fingerprint density at radius 2 is 1.63 bits per heavy atom. The van der Waals surface area contributed by atoms with Gasteiger partial charge in [0.15, 0.2) is 0 Å². The Morgan fingerprint density at radius 3 is 2.33 bits per heavy atom. The van der Waals surface area contributed by atoms with Gasteiger partial charge in [0.25, 0.3) is 11.8 Å². The number of rotatable bonds is 6. The number of piperidine rings is 1. The van der Waals surface area contributed by atoms with Crippen molar-refractivity contribution >= 4 is 23.4 Å². The van der Waals surface area contributed by atoms with E-state index in [9.17, 15) is 14.4 Å². The third-order valence-corrected chi connectivity index (χ3v) is 5.63. The van der Waals surface area contributed by atoms with Crippen molar-refractivity contribution in [2.45, 2.75) is 38.6 Å². The molecule has 0 unspecified atom stereocenters. The summed E-state index contributed by atoms with van der Waals surface area (Å²) in [5.41, 5.74) is 2.78. The van der Waals surface area contributed by atoms with Crippen LogP contribution in [0.1, 0.15) is 58.4 Å². The highest BCUT2D eigenvalue weighted by atomic mass is 16.2. The van der Waals surface area contributed by atoms with Crippen molar-refractivity contribution in [1.82, 2.24) is 10.2 Å². The van der Waals surface area contributed by atoms with E-state index < -0.39 is 0 Å². The molecule has 0 atom stereocenters. The van der Waals surface area contributed by atoms with Gasteiger partial charge >= 0.3 is 0 Å². The Morgan fingerprint density at radius 1 is 0.900 bits per heavy atom. The number of anilines is 1. The first kappa shape index (κ1) is 20.1. The Kier molecular flexibility index (Phi) is 6.12. The molecule has 1 heterocycles. The number of likely N-dealkylation sites (tertiary alicyclic amines) is 1. The zero-order valence-corrected chi connectivity index (χ0v) is 17.0. The van der Waals surface area contributed by atoms with Crippen molar-refractivity contribution in [3.05, 3.63) is 65.2 Å². The standard InChI is InChI=1S/C24H27N3O3/c28-22(18-9-11-21(12-10-18)26-23(29)19-7-8-19)25-16-17-5-4-6-20(15-17)24(30)27-13-2-1-3-14-27/h4-6,9-12,15,19H,1-3,7-8,13-14,16H2,(H,25,28)(H,26,29). The highest BCUT2D eigenvalue weighted by Gasteiger charge is 2.29. The van der Waals surface area contributed by atoms with Gasteiger partial charge in [-0.3, -0.25) is 14.4 Å². The second-order valence-electron chi connectivity index (χ2n) is 8.08. The molecule has 2 aliphatic rings. The first-order valence-corrected chi connectivity index (χ1v) is 10.7. The number of carbonyl (C=O) groups excluding carboxylic acids is 3. The highest BCUT2D eigenvalue weighted by molar-refractivity contribution is 5.97. The summed E-state index contributed by atoms with van der Waals surface area (Å²) >= 11 is 0. The minimum Gasteiger partial charge on any atom is -0.348 e. The summed E-state index contributed by atoms with van der Waals surface area (Å²) in [6.45, 7) is 1.98. The molecule has 1 aliphatic carbocycles. The average molecular weight is 405 g/mol. The lowest BCUT2D eigenvalue weighted by atomic mass is 10.1. The summed E-state index contributed by atoms with van der Waals surface area (Å²) in [6.07, 6.45) is 5.22. The first-order chi connectivity index (χ1) is 14.6. The summed E-state index contributed by atoms with van der Waals surface area (Å²) in [6, 6.07) is 14.3. The highest BCUT2D eigenvalue weighted by Crippen LogP contribution is 2.30. The van der Waals surface area contributed by atoms with E-state index in [-0.39, 0.29) is 23.6 Å². The van der Waals surface area contributed by atoms with Gasteiger partial charge < -0.3 is 15.5 Å². The van der Waals surface area contributed by atoms with E-state index in [1.54, 1.807) is 24.3 Å². The average Bonchev–Trinajstić information content (AvgIpc) is 3.64. The van der Waals surface area contributed by atoms with Crippen LogP contribution in [0.2, 0.25) is 0 Å². The maximum absolute atomic E-state index is 12.7. The largest absolute Gasteiger partial charge is 0.348 e. The molecule has 0 spiro atoms. The number of hydrogen-bond donors (Lipinski definition) is 2. The second kappa shape index (κ2) is 9.11. The van der Waals surface area contributed by atoms with Gasteiger partial charge in [0.05, 0.1) is 0 Å². The van der Waals surface area contributed by atoms with Crippen molar-refractivity contribution in [2.75, 3.05) is 18.4 Å². The Hall–Kier alpha value is -3.15. The van der Waals surface area contributed by atoms with Crippen LogP contribution >= 0.6 is 0 Å². The fraction of sp³-hybridized carbons (Fsp3) is 0.375. The fourth-order valence-electron chi connectivity index (χ4n) is 3.67. The summed E-state index contributed by atoms with van der Waals surface area (Å²) < 4.78 is 0. The molecule has 0 radical (unpaired) electrons. The van der Waals surface area contributed by atoms with E-state index in [0.29, 0.717) is 23.4 Å². The van der Waals surface area contributed by atoms with Crippen LogP contribution < -0.4 is 10.6 Å². The van der Waals surface area contributed by atoms with Gasteiger partial charge in [0.1, 0.15) is 0 Å². The van der Waals surface area contributed by atoms with Crippen LogP contribution in [-0.4, -0.2) is 35.7 Å². The van der Waals surface area contributed by atoms with Crippen molar-refractivity contribution in [2.24, 2.45) is 5.92 Å². The quantitative estimate of drug-likeness (QED) is 0.771. The lowest BCUT2D eigenvalue weighted by Crippen LogP contribution is -2.35. The van der Waals surface area contributed by atoms with E-state index >= 15 is 0 Å². The lowest BCUT2D eigenvalue weighted by molar-refractivity contribution is -0.117. The second-order valence-corrected chi connectivity index (χ2v) is 8.08. The SMILES string of the molecule is O=C(NCc1cccc(C(=O)N2CCCCC2)c1)c1ccc(NC(=O)C2CC2)cc1. The van der Waals surface area contributed by atoms with Gasteiger partial charge in [-0.25, -0.2) is 0 Å². The summed E-state index contributed by atoms with van der Waals surface area (Å²) in [5, 5.41) is 5.76. The summed E-state index contributed by atoms with van der Waals surface area (Å²) in [4.78, 5) is 38.9. The van der Waals surface area contributed by atoms with E-state index in [4.69, 9.17) is 0 Å². The number of hydrogen-bond acceptors (Lipinski definition) is 3. The van der Waals surface area contributed by atoms with Crippen LogP contribution in [0, 0.1) is 5.92 Å². The molecule has 6 heteroatoms. The topological polar surface area (TPSA) is 78.5 Å². The lowest BCUT2D eigenvalue weighted by Gasteiger charge is -2.26. The maximum atomic E-state index is 12.7. The minimum absolute atomic E-state index is 0.0474. The van der Waals surface area contributed by atoms with E-state index in [0.717, 1.165) is 44.3 Å². The van der Waals surface area contributed by atoms with Crippen LogP contribution in [0.5, 0.6) is 0 Å². The molecule has 3 amide bonds. The van der Waals surface area contributed by atoms with E-state index in [1.807, 2.05) is 29.2 Å². The van der Waals surface area contributed by atoms with Gasteiger partial charge in [0.2, 0.25) is 5.91 Å². The monoisotopic (exact) mass is 405 g/mol. The summed E-state index contributed by atoms with van der Waals surface area (Å²) in [7, 11) is 0. The van der Waals surface area contributed by atoms with E-state index in [2.05, 4.69) is 10.6 Å². The molecule has 1 saturated carbocycles. The molecule has 2 aromatic rings. The summed E-state index contributed by atoms with van der Waals surface area (Å²) in [5.74, 6) is 0.0613. The van der Waals surface area contributed by atoms with Crippen LogP contribution in [0.25, 0.3) is 0 Å². The molecule has 0 bridgehead atoms. The molecule has 2 fully saturated rings. The van der Waals surface area contributed by atoms with Gasteiger partial charge in [0, 0.05) is 42.4 Å². The van der Waals surface area contributed by atoms with Crippen LogP contribution in [0.4, 0.5) is 5.69 Å². The predicted molar refractivity (Wildman–Crippen MR) is 115 cm³/mol. The van der Waals surface area contributed by atoms with Crippen molar-refractivity contribution in [1.29, 1.82) is 0 Å². The molecule has 6 nitrogen and oxygen atoms in total. The first-order valence-electron chi connectivity index (χ1n) is 10.7. The third kappa shape index (κ3) is 5.06. The van der Waals surface area contributed by atoms with Crippen molar-refractivity contribution < 1.29 is 14.4 Å². The molecule has 0 aromatic heterocycles. The minimum atomic E-state index is -0.192. The van der Waals surface area contributed by atoms with Gasteiger partial charge in [-0.1, -0.05) is 12.1 Å². The molecule has 2 aromatic carbocycles. The zero-order chi connectivity index (χ0) is 20.9. The molecule has 1 saturated heterocycles. The Labute approximate surface area is 176 Å². The number of nitrogens with one attached hydrogen (secondary N) is 2. The smallest absolute Gasteiger partial charge is 0.253 e. The molecule has 30 heavy (non-hydrogen) atoms. The Balaban J connectivity index is 1.32. The number of nitrogens with zero attached hydrogens (tertiary/aromatic N) is 1. The van der Waals surface area contributed by atoms with Crippen LogP contribution in [0.15, 0.2) is 48.5 Å². The Bertz CT molecular complexity index is 929. The predicted octanol–water partition coefficient (Wildman–Crippen LogP) is 3.59. The van der Waals surface area contributed by atoms with Crippen molar-refractivity contribution in [3.63, 3.8) is 0 Å². The number of amides is 3. The van der Waals surface area contributed by atoms with Gasteiger partial charge in [-0.15, -0.1) is 0 Å².